The van der Waals surface area contributed by atoms with Gasteiger partial charge < -0.3 is 14.9 Å². The zero-order valence-corrected chi connectivity index (χ0v) is 12.0. The molecule has 0 saturated heterocycles. The number of carbonyl (C=O) groups excluding carboxylic acids is 1. The molecule has 3 N–H and O–H groups in total. The quantitative estimate of drug-likeness (QED) is 0.558. The molecule has 0 amide bonds. The third kappa shape index (κ3) is 4.10. The van der Waals surface area contributed by atoms with Gasteiger partial charge >= 0.3 is 0 Å². The van der Waals surface area contributed by atoms with E-state index >= 15 is 0 Å². The Bertz CT molecular complexity index is 555. The molecule has 20 heavy (non-hydrogen) atoms. The summed E-state index contributed by atoms with van der Waals surface area (Å²) in [6.45, 7) is 0. The maximum absolute atomic E-state index is 11.7. The minimum Gasteiger partial charge on any atom is -0.494 e. The Hall–Kier alpha value is -1.80. The lowest BCUT2D eigenvalue weighted by Crippen LogP contribution is -2.00. The van der Waals surface area contributed by atoms with Gasteiger partial charge in [0.25, 0.3) is 0 Å². The van der Waals surface area contributed by atoms with E-state index in [0.717, 1.165) is 21.7 Å². The maximum Gasteiger partial charge on any atom is 0.210 e. The van der Waals surface area contributed by atoms with Crippen LogP contribution in [-0.4, -0.2) is 30.0 Å². The lowest BCUT2D eigenvalue weighted by molar-refractivity contribution is -0.110. The molecule has 0 spiro atoms. The van der Waals surface area contributed by atoms with Crippen LogP contribution in [0.3, 0.4) is 0 Å². The standard InChI is InChI=1S/C12H13N3O3S2/c16-10-4-5-11(17)15(10)20-12(18)6-8-19-14-9-3-1-2-7-13-9/h1-5,7,16-17H,6,8H2,(H,13,14). The Morgan fingerprint density at radius 1 is 1.25 bits per heavy atom. The van der Waals surface area contributed by atoms with Gasteiger partial charge in [0.1, 0.15) is 5.82 Å². The predicted octanol–water partition coefficient (Wildman–Crippen LogP) is 2.47. The Morgan fingerprint density at radius 2 is 2.00 bits per heavy atom. The van der Waals surface area contributed by atoms with Gasteiger partial charge in [-0.1, -0.05) is 18.0 Å². The third-order valence-electron chi connectivity index (χ3n) is 2.24. The van der Waals surface area contributed by atoms with Crippen LogP contribution in [0.1, 0.15) is 6.42 Å². The van der Waals surface area contributed by atoms with E-state index in [1.807, 2.05) is 18.2 Å². The van der Waals surface area contributed by atoms with Crippen molar-refractivity contribution in [2.24, 2.45) is 0 Å². The van der Waals surface area contributed by atoms with Gasteiger partial charge in [0.05, 0.1) is 0 Å². The number of carbonyl (C=O) groups is 1. The molecule has 0 aliphatic rings. The van der Waals surface area contributed by atoms with Crippen molar-refractivity contribution in [3.8, 4) is 11.8 Å². The second kappa shape index (κ2) is 7.11. The van der Waals surface area contributed by atoms with Gasteiger partial charge in [-0.3, -0.25) is 4.79 Å². The molecule has 2 aromatic heterocycles. The molecule has 6 nitrogen and oxygen atoms in total. The second-order valence-electron chi connectivity index (χ2n) is 3.72. The zero-order valence-electron chi connectivity index (χ0n) is 10.4. The molecule has 0 fully saturated rings. The number of hydrogen-bond acceptors (Lipinski definition) is 7. The highest BCUT2D eigenvalue weighted by molar-refractivity contribution is 8.12. The van der Waals surface area contributed by atoms with Gasteiger partial charge in [0.2, 0.25) is 16.9 Å². The van der Waals surface area contributed by atoms with E-state index in [4.69, 9.17) is 0 Å². The summed E-state index contributed by atoms with van der Waals surface area (Å²) in [7, 11) is 0. The second-order valence-corrected chi connectivity index (χ2v) is 5.63. The van der Waals surface area contributed by atoms with Gasteiger partial charge in [0.15, 0.2) is 0 Å². The molecule has 0 unspecified atom stereocenters. The fourth-order valence-corrected chi connectivity index (χ4v) is 2.82. The highest BCUT2D eigenvalue weighted by atomic mass is 32.2. The normalized spacial score (nSPS) is 10.4. The molecule has 0 bridgehead atoms. The fourth-order valence-electron chi connectivity index (χ4n) is 1.33. The van der Waals surface area contributed by atoms with Crippen LogP contribution in [0.5, 0.6) is 11.8 Å². The molecule has 0 aliphatic carbocycles. The van der Waals surface area contributed by atoms with Crippen LogP contribution < -0.4 is 4.72 Å². The number of anilines is 1. The van der Waals surface area contributed by atoms with Gasteiger partial charge in [-0.15, -0.1) is 0 Å². The average molecular weight is 311 g/mol. The first-order valence-electron chi connectivity index (χ1n) is 5.76. The zero-order chi connectivity index (χ0) is 14.4. The molecule has 0 saturated carbocycles. The van der Waals surface area contributed by atoms with Gasteiger partial charge in [-0.2, -0.15) is 0 Å². The van der Waals surface area contributed by atoms with E-state index in [0.29, 0.717) is 12.2 Å². The first kappa shape index (κ1) is 14.6. The van der Waals surface area contributed by atoms with Crippen molar-refractivity contribution in [1.29, 1.82) is 0 Å². The summed E-state index contributed by atoms with van der Waals surface area (Å²) < 4.78 is 4.10. The van der Waals surface area contributed by atoms with E-state index in [1.54, 1.807) is 6.20 Å². The number of nitrogens with zero attached hydrogens (tertiary/aromatic N) is 2. The number of nitrogens with one attached hydrogen (secondary N) is 1. The van der Waals surface area contributed by atoms with Crippen molar-refractivity contribution in [3.05, 3.63) is 36.5 Å². The lowest BCUT2D eigenvalue weighted by atomic mass is 10.5. The highest BCUT2D eigenvalue weighted by Gasteiger charge is 2.11. The van der Waals surface area contributed by atoms with Crippen LogP contribution in [0.4, 0.5) is 5.82 Å². The van der Waals surface area contributed by atoms with E-state index in [-0.39, 0.29) is 16.9 Å². The summed E-state index contributed by atoms with van der Waals surface area (Å²) in [5.41, 5.74) is 0. The number of rotatable bonds is 6. The van der Waals surface area contributed by atoms with Crippen LogP contribution >= 0.6 is 23.9 Å². The molecule has 2 heterocycles. The van der Waals surface area contributed by atoms with Crippen LogP contribution in [0.2, 0.25) is 0 Å². The fraction of sp³-hybridized carbons (Fsp3) is 0.167. The molecule has 0 radical (unpaired) electrons. The summed E-state index contributed by atoms with van der Waals surface area (Å²) >= 11 is 2.15. The van der Waals surface area contributed by atoms with Gasteiger partial charge in [0, 0.05) is 42.5 Å². The van der Waals surface area contributed by atoms with Crippen LogP contribution in [0.15, 0.2) is 36.5 Å². The van der Waals surface area contributed by atoms with Crippen molar-refractivity contribution < 1.29 is 15.0 Å². The Kier molecular flexibility index (Phi) is 5.19. The van der Waals surface area contributed by atoms with E-state index in [1.165, 1.54) is 24.1 Å². The smallest absolute Gasteiger partial charge is 0.210 e. The Labute approximate surface area is 124 Å². The predicted molar refractivity (Wildman–Crippen MR) is 80.7 cm³/mol. The minimum atomic E-state index is -0.153. The van der Waals surface area contributed by atoms with Crippen LogP contribution in [0.25, 0.3) is 0 Å². The molecular weight excluding hydrogens is 298 g/mol. The van der Waals surface area contributed by atoms with Gasteiger partial charge in [-0.25, -0.2) is 8.96 Å². The summed E-state index contributed by atoms with van der Waals surface area (Å²) in [6, 6.07) is 8.18. The van der Waals surface area contributed by atoms with Crippen LogP contribution in [0, 0.1) is 0 Å². The highest BCUT2D eigenvalue weighted by Crippen LogP contribution is 2.28. The summed E-state index contributed by atoms with van der Waals surface area (Å²) in [5, 5.41) is 18.7. The van der Waals surface area contributed by atoms with Crippen molar-refractivity contribution in [2.45, 2.75) is 6.42 Å². The van der Waals surface area contributed by atoms with E-state index in [2.05, 4.69) is 9.71 Å². The molecule has 2 rings (SSSR count). The number of pyridine rings is 1. The molecule has 0 atom stereocenters. The topological polar surface area (TPSA) is 87.4 Å². The number of aromatic nitrogens is 2. The van der Waals surface area contributed by atoms with Crippen molar-refractivity contribution in [1.82, 2.24) is 8.96 Å². The molecule has 8 heteroatoms. The molecule has 0 aromatic carbocycles. The summed E-state index contributed by atoms with van der Waals surface area (Å²) in [4.78, 5) is 15.8. The third-order valence-corrected chi connectivity index (χ3v) is 3.97. The average Bonchev–Trinajstić information content (AvgIpc) is 2.77. The van der Waals surface area contributed by atoms with Crippen LogP contribution in [-0.2, 0) is 4.79 Å². The van der Waals surface area contributed by atoms with E-state index < -0.39 is 0 Å². The minimum absolute atomic E-state index is 0.151. The van der Waals surface area contributed by atoms with Gasteiger partial charge in [-0.05, 0) is 12.1 Å². The molecular formula is C12H13N3O3S2. The van der Waals surface area contributed by atoms with E-state index in [9.17, 15) is 15.0 Å². The Morgan fingerprint density at radius 3 is 2.65 bits per heavy atom. The lowest BCUT2D eigenvalue weighted by Gasteiger charge is -2.05. The first-order valence-corrected chi connectivity index (χ1v) is 7.52. The molecule has 2 aromatic rings. The molecule has 0 aliphatic heterocycles. The monoisotopic (exact) mass is 311 g/mol. The van der Waals surface area contributed by atoms with Crippen molar-refractivity contribution in [2.75, 3.05) is 10.5 Å². The SMILES string of the molecule is O=C(CCSNc1ccccn1)Sn1c(O)ccc1O. The Balaban J connectivity index is 1.71. The largest absolute Gasteiger partial charge is 0.494 e. The number of hydrogen-bond donors (Lipinski definition) is 3. The van der Waals surface area contributed by atoms with Crippen molar-refractivity contribution in [3.63, 3.8) is 0 Å². The molecule has 106 valence electrons. The van der Waals surface area contributed by atoms with Crippen molar-refractivity contribution >= 4 is 34.8 Å². The maximum atomic E-state index is 11.7. The summed E-state index contributed by atoms with van der Waals surface area (Å²) in [5.74, 6) is 0.990. The first-order chi connectivity index (χ1) is 9.66. The number of aromatic hydroxyl groups is 2. The summed E-state index contributed by atoms with van der Waals surface area (Å²) in [6.07, 6.45) is 1.98.